The summed E-state index contributed by atoms with van der Waals surface area (Å²) in [6.07, 6.45) is 8.14. The van der Waals surface area contributed by atoms with Gasteiger partial charge in [0.05, 0.1) is 0 Å². The van der Waals surface area contributed by atoms with Crippen LogP contribution in [0.25, 0.3) is 5.65 Å². The number of fused-ring (bicyclic) bond motifs is 1. The van der Waals surface area contributed by atoms with E-state index >= 15 is 0 Å². The van der Waals surface area contributed by atoms with E-state index in [1.54, 1.807) is 10.6 Å². The smallest absolute Gasteiger partial charge is 0.271 e. The van der Waals surface area contributed by atoms with Crippen LogP contribution in [0.5, 0.6) is 0 Å². The summed E-state index contributed by atoms with van der Waals surface area (Å²) in [7, 11) is 0. The van der Waals surface area contributed by atoms with Crippen molar-refractivity contribution in [2.45, 2.75) is 57.8 Å². The van der Waals surface area contributed by atoms with Gasteiger partial charge in [0, 0.05) is 12.5 Å². The van der Waals surface area contributed by atoms with Crippen LogP contribution >= 0.6 is 0 Å². The Morgan fingerprint density at radius 1 is 1.37 bits per heavy atom. The molecule has 1 fully saturated rings. The largest absolute Gasteiger partial charge is 0.276 e. The Labute approximate surface area is 112 Å². The Morgan fingerprint density at radius 3 is 2.89 bits per heavy atom. The number of hydrogen-bond acceptors (Lipinski definition) is 2. The Kier molecular flexibility index (Phi) is 3.40. The molecule has 4 heteroatoms. The van der Waals surface area contributed by atoms with Crippen molar-refractivity contribution in [3.8, 4) is 0 Å². The van der Waals surface area contributed by atoms with Gasteiger partial charge in [-0.2, -0.15) is 0 Å². The first-order valence-electron chi connectivity index (χ1n) is 7.39. The molecule has 0 radical (unpaired) electrons. The lowest BCUT2D eigenvalue weighted by Crippen LogP contribution is -2.14. The zero-order valence-electron chi connectivity index (χ0n) is 11.5. The third-order valence-corrected chi connectivity index (χ3v) is 4.12. The summed E-state index contributed by atoms with van der Waals surface area (Å²) in [6, 6.07) is 3.87. The molecule has 0 amide bonds. The molecule has 1 saturated carbocycles. The van der Waals surface area contributed by atoms with Crippen molar-refractivity contribution < 1.29 is 0 Å². The molecule has 1 N–H and O–H groups in total. The normalized spacial score (nSPS) is 16.5. The van der Waals surface area contributed by atoms with Gasteiger partial charge >= 0.3 is 0 Å². The van der Waals surface area contributed by atoms with E-state index in [1.807, 2.05) is 0 Å². The SMILES string of the molecule is CCCCc1nc2cc(C3CCCC3)cc(=O)n2[nH]1. The Balaban J connectivity index is 1.97. The highest BCUT2D eigenvalue weighted by Gasteiger charge is 2.18. The van der Waals surface area contributed by atoms with Gasteiger partial charge in [-0.1, -0.05) is 26.2 Å². The van der Waals surface area contributed by atoms with E-state index in [1.165, 1.54) is 31.2 Å². The van der Waals surface area contributed by atoms with Gasteiger partial charge < -0.3 is 0 Å². The summed E-state index contributed by atoms with van der Waals surface area (Å²) in [5.41, 5.74) is 1.98. The van der Waals surface area contributed by atoms with Crippen molar-refractivity contribution in [3.05, 3.63) is 33.9 Å². The van der Waals surface area contributed by atoms with Gasteiger partial charge in [-0.25, -0.2) is 9.50 Å². The van der Waals surface area contributed by atoms with Crippen molar-refractivity contribution in [2.24, 2.45) is 0 Å². The number of aromatic nitrogens is 3. The summed E-state index contributed by atoms with van der Waals surface area (Å²) in [5, 5.41) is 3.11. The summed E-state index contributed by atoms with van der Waals surface area (Å²) in [6.45, 7) is 2.16. The number of H-pyrrole nitrogens is 1. The Hall–Kier alpha value is -1.58. The van der Waals surface area contributed by atoms with E-state index in [0.29, 0.717) is 5.92 Å². The molecule has 19 heavy (non-hydrogen) atoms. The molecule has 0 bridgehead atoms. The highest BCUT2D eigenvalue weighted by atomic mass is 16.1. The van der Waals surface area contributed by atoms with Gasteiger partial charge in [0.1, 0.15) is 5.82 Å². The van der Waals surface area contributed by atoms with Crippen molar-refractivity contribution >= 4 is 5.65 Å². The van der Waals surface area contributed by atoms with Gasteiger partial charge in [0.2, 0.25) is 0 Å². The predicted octanol–water partition coefficient (Wildman–Crippen LogP) is 3.02. The second kappa shape index (κ2) is 5.19. The molecule has 102 valence electrons. The Morgan fingerprint density at radius 2 is 2.16 bits per heavy atom. The zero-order chi connectivity index (χ0) is 13.2. The van der Waals surface area contributed by atoms with E-state index in [4.69, 9.17) is 0 Å². The van der Waals surface area contributed by atoms with E-state index < -0.39 is 0 Å². The third-order valence-electron chi connectivity index (χ3n) is 4.12. The molecule has 2 aromatic heterocycles. The number of aryl methyl sites for hydroxylation is 1. The lowest BCUT2D eigenvalue weighted by Gasteiger charge is -2.08. The van der Waals surface area contributed by atoms with Crippen LogP contribution in [0.4, 0.5) is 0 Å². The molecule has 0 aliphatic heterocycles. The monoisotopic (exact) mass is 259 g/mol. The standard InChI is InChI=1S/C15H21N3O/c1-2-3-8-13-16-14-9-12(11-6-4-5-7-11)10-15(19)18(14)17-13/h9-11H,2-8H2,1H3,(H,16,17). The van der Waals surface area contributed by atoms with Crippen LogP contribution in [0, 0.1) is 0 Å². The average Bonchev–Trinajstić information content (AvgIpc) is 3.05. The number of hydrogen-bond donors (Lipinski definition) is 1. The number of nitrogens with one attached hydrogen (secondary N) is 1. The van der Waals surface area contributed by atoms with Crippen LogP contribution in [0.3, 0.4) is 0 Å². The lowest BCUT2D eigenvalue weighted by molar-refractivity contribution is 0.716. The quantitative estimate of drug-likeness (QED) is 0.917. The molecular formula is C15H21N3O. The minimum atomic E-state index is 0.0228. The van der Waals surface area contributed by atoms with Gasteiger partial charge in [0.25, 0.3) is 5.56 Å². The molecule has 4 nitrogen and oxygen atoms in total. The minimum Gasteiger partial charge on any atom is -0.276 e. The van der Waals surface area contributed by atoms with Gasteiger partial charge in [0.15, 0.2) is 5.65 Å². The molecular weight excluding hydrogens is 238 g/mol. The van der Waals surface area contributed by atoms with Gasteiger partial charge in [-0.05, 0) is 36.8 Å². The van der Waals surface area contributed by atoms with E-state index in [0.717, 1.165) is 30.7 Å². The van der Waals surface area contributed by atoms with E-state index in [2.05, 4.69) is 23.1 Å². The molecule has 0 saturated heterocycles. The van der Waals surface area contributed by atoms with Gasteiger partial charge in [-0.3, -0.25) is 9.89 Å². The number of unbranched alkanes of at least 4 members (excludes halogenated alkanes) is 1. The predicted molar refractivity (Wildman–Crippen MR) is 75.6 cm³/mol. The topological polar surface area (TPSA) is 50.2 Å². The van der Waals surface area contributed by atoms with Crippen LogP contribution < -0.4 is 5.56 Å². The van der Waals surface area contributed by atoms with Crippen molar-refractivity contribution in [1.29, 1.82) is 0 Å². The summed E-state index contributed by atoms with van der Waals surface area (Å²) >= 11 is 0. The fourth-order valence-electron chi connectivity index (χ4n) is 3.01. The maximum Gasteiger partial charge on any atom is 0.271 e. The first-order valence-corrected chi connectivity index (χ1v) is 7.39. The molecule has 2 aromatic rings. The number of pyridine rings is 1. The first kappa shape index (κ1) is 12.5. The van der Waals surface area contributed by atoms with Crippen molar-refractivity contribution in [1.82, 2.24) is 14.6 Å². The van der Waals surface area contributed by atoms with E-state index in [9.17, 15) is 4.79 Å². The molecule has 1 aliphatic rings. The average molecular weight is 259 g/mol. The number of aromatic amines is 1. The van der Waals surface area contributed by atoms with Crippen molar-refractivity contribution in [3.63, 3.8) is 0 Å². The molecule has 3 rings (SSSR count). The first-order chi connectivity index (χ1) is 9.28. The van der Waals surface area contributed by atoms with Crippen LogP contribution in [0.1, 0.15) is 62.8 Å². The highest BCUT2D eigenvalue weighted by molar-refractivity contribution is 5.42. The third kappa shape index (κ3) is 2.44. The second-order valence-electron chi connectivity index (χ2n) is 5.58. The number of nitrogens with zero attached hydrogens (tertiary/aromatic N) is 2. The number of rotatable bonds is 4. The fourth-order valence-corrected chi connectivity index (χ4v) is 3.01. The maximum atomic E-state index is 12.1. The maximum absolute atomic E-state index is 12.1. The van der Waals surface area contributed by atoms with Gasteiger partial charge in [-0.15, -0.1) is 0 Å². The van der Waals surface area contributed by atoms with Crippen molar-refractivity contribution in [2.75, 3.05) is 0 Å². The molecule has 0 spiro atoms. The molecule has 0 aromatic carbocycles. The van der Waals surface area contributed by atoms with Crippen LogP contribution in [-0.4, -0.2) is 14.6 Å². The minimum absolute atomic E-state index is 0.0228. The molecule has 0 unspecified atom stereocenters. The van der Waals surface area contributed by atoms with Crippen LogP contribution in [-0.2, 0) is 6.42 Å². The summed E-state index contributed by atoms with van der Waals surface area (Å²) in [4.78, 5) is 16.7. The van der Waals surface area contributed by atoms with Crippen LogP contribution in [0.15, 0.2) is 16.9 Å². The summed E-state index contributed by atoms with van der Waals surface area (Å²) in [5.74, 6) is 1.48. The highest BCUT2D eigenvalue weighted by Crippen LogP contribution is 2.33. The van der Waals surface area contributed by atoms with E-state index in [-0.39, 0.29) is 5.56 Å². The molecule has 0 atom stereocenters. The molecule has 2 heterocycles. The fraction of sp³-hybridized carbons (Fsp3) is 0.600. The zero-order valence-corrected chi connectivity index (χ0v) is 11.5. The lowest BCUT2D eigenvalue weighted by atomic mass is 9.99. The summed E-state index contributed by atoms with van der Waals surface area (Å²) < 4.78 is 1.57. The Bertz CT molecular complexity index is 620. The van der Waals surface area contributed by atoms with Crippen LogP contribution in [0.2, 0.25) is 0 Å². The second-order valence-corrected chi connectivity index (χ2v) is 5.58. The molecule has 1 aliphatic carbocycles.